The van der Waals surface area contributed by atoms with Crippen molar-refractivity contribution in [3.05, 3.63) is 130 Å². The molecule has 0 aliphatic rings. The molecule has 6 rings (SSSR count). The Morgan fingerprint density at radius 3 is 1.38 bits per heavy atom. The molecule has 2 nitrogen and oxygen atoms in total. The molecule has 0 radical (unpaired) electrons. The van der Waals surface area contributed by atoms with Crippen LogP contribution in [0.5, 0.6) is 11.5 Å². The van der Waals surface area contributed by atoms with Gasteiger partial charge in [-0.05, 0) is 0 Å². The van der Waals surface area contributed by atoms with Gasteiger partial charge in [0.25, 0.3) is 0 Å². The maximum absolute atomic E-state index is 14.4. The summed E-state index contributed by atoms with van der Waals surface area (Å²) in [7, 11) is 0. The first-order valence-corrected chi connectivity index (χ1v) is 18.9. The summed E-state index contributed by atoms with van der Waals surface area (Å²) < 4.78 is 71.3. The van der Waals surface area contributed by atoms with Gasteiger partial charge in [-0.1, -0.05) is 13.8 Å². The van der Waals surface area contributed by atoms with E-state index in [0.29, 0.717) is 53.3 Å². The molecule has 2 heterocycles. The molecule has 8 heteroatoms. The Balaban J connectivity index is 0.000000185. The summed E-state index contributed by atoms with van der Waals surface area (Å²) in [6.45, 7) is 6.70. The summed E-state index contributed by atoms with van der Waals surface area (Å²) in [6, 6.07) is 29.7. The number of rotatable bonds is 10. The molecule has 0 atom stereocenters. The van der Waals surface area contributed by atoms with Crippen LogP contribution in [0.15, 0.2) is 102 Å². The SMILES string of the molecule is CCCOc1ccc(-c2ccc(-c3ccc(C)[se]3)cc2)c(F)c1F.CCCOc1ccc(-c2ccc(-c3ccc[se]3)cc2)c(F)c1F. The summed E-state index contributed by atoms with van der Waals surface area (Å²) in [5, 5.41) is 0. The van der Waals surface area contributed by atoms with Gasteiger partial charge in [0.05, 0.1) is 0 Å². The topological polar surface area (TPSA) is 18.5 Å². The third-order valence-corrected chi connectivity index (χ3v) is 11.4. The normalized spacial score (nSPS) is 10.8. The van der Waals surface area contributed by atoms with Crippen LogP contribution in [0, 0.1) is 30.2 Å². The fraction of sp³-hybridized carbons (Fsp3) is 0.179. The monoisotopic (exact) mass is 770 g/mol. The molecule has 0 bridgehead atoms. The third kappa shape index (κ3) is 8.38. The van der Waals surface area contributed by atoms with Gasteiger partial charge in [-0.25, -0.2) is 0 Å². The molecular formula is C39H34F4O2Se2. The van der Waals surface area contributed by atoms with Crippen molar-refractivity contribution in [1.82, 2.24) is 0 Å². The zero-order valence-corrected chi connectivity index (χ0v) is 29.7. The van der Waals surface area contributed by atoms with Crippen LogP contribution in [0.1, 0.15) is 31.1 Å². The molecule has 0 fully saturated rings. The zero-order valence-electron chi connectivity index (χ0n) is 26.3. The predicted molar refractivity (Wildman–Crippen MR) is 185 cm³/mol. The average molecular weight is 769 g/mol. The van der Waals surface area contributed by atoms with Gasteiger partial charge in [0.1, 0.15) is 0 Å². The van der Waals surface area contributed by atoms with E-state index >= 15 is 0 Å². The summed E-state index contributed by atoms with van der Waals surface area (Å²) in [5.41, 5.74) is 4.09. The molecule has 0 N–H and O–H groups in total. The Morgan fingerprint density at radius 1 is 0.511 bits per heavy atom. The molecule has 0 unspecified atom stereocenters. The second-order valence-corrected chi connectivity index (χ2v) is 15.4. The van der Waals surface area contributed by atoms with E-state index in [9.17, 15) is 17.6 Å². The number of hydrogen-bond donors (Lipinski definition) is 0. The van der Waals surface area contributed by atoms with Gasteiger partial charge in [0, 0.05) is 0 Å². The quantitative estimate of drug-likeness (QED) is 0.102. The molecule has 6 aromatic rings. The number of ether oxygens (including phenoxy) is 2. The fourth-order valence-electron chi connectivity index (χ4n) is 4.82. The van der Waals surface area contributed by atoms with E-state index in [1.54, 1.807) is 12.1 Å². The van der Waals surface area contributed by atoms with Crippen molar-refractivity contribution in [3.8, 4) is 53.8 Å². The van der Waals surface area contributed by atoms with Gasteiger partial charge >= 0.3 is 272 Å². The fourth-order valence-corrected chi connectivity index (χ4v) is 8.19. The summed E-state index contributed by atoms with van der Waals surface area (Å²) in [5.74, 6) is -3.64. The second-order valence-electron chi connectivity index (χ2n) is 10.7. The van der Waals surface area contributed by atoms with Crippen LogP contribution in [0.4, 0.5) is 17.6 Å². The molecule has 0 saturated heterocycles. The molecule has 47 heavy (non-hydrogen) atoms. The van der Waals surface area contributed by atoms with Crippen LogP contribution in [-0.4, -0.2) is 42.2 Å². The first kappa shape index (κ1) is 34.5. The van der Waals surface area contributed by atoms with E-state index in [-0.39, 0.29) is 22.6 Å². The molecule has 0 saturated carbocycles. The Labute approximate surface area is 285 Å². The zero-order chi connectivity index (χ0) is 33.3. The van der Waals surface area contributed by atoms with Crippen LogP contribution < -0.4 is 9.47 Å². The number of halogens is 4. The van der Waals surface area contributed by atoms with E-state index in [2.05, 4.69) is 30.1 Å². The second kappa shape index (κ2) is 16.3. The van der Waals surface area contributed by atoms with Gasteiger partial charge in [-0.15, -0.1) is 0 Å². The Kier molecular flexibility index (Phi) is 12.0. The Hall–Kier alpha value is -3.80. The van der Waals surface area contributed by atoms with Crippen molar-refractivity contribution in [2.75, 3.05) is 13.2 Å². The molecule has 0 amide bonds. The predicted octanol–water partition coefficient (Wildman–Crippen LogP) is 10.6. The number of benzene rings is 4. The van der Waals surface area contributed by atoms with Crippen LogP contribution >= 0.6 is 0 Å². The molecular weight excluding hydrogens is 734 g/mol. The first-order valence-electron chi connectivity index (χ1n) is 15.3. The number of hydrogen-bond acceptors (Lipinski definition) is 2. The van der Waals surface area contributed by atoms with E-state index in [4.69, 9.17) is 9.47 Å². The van der Waals surface area contributed by atoms with Gasteiger partial charge < -0.3 is 0 Å². The van der Waals surface area contributed by atoms with Crippen LogP contribution in [0.2, 0.25) is 0 Å². The van der Waals surface area contributed by atoms with Crippen molar-refractivity contribution >= 4 is 29.0 Å². The molecule has 242 valence electrons. The van der Waals surface area contributed by atoms with Crippen LogP contribution in [0.3, 0.4) is 0 Å². The van der Waals surface area contributed by atoms with E-state index < -0.39 is 23.3 Å². The minimum atomic E-state index is -0.925. The molecule has 2 aromatic heterocycles. The van der Waals surface area contributed by atoms with Crippen molar-refractivity contribution in [2.24, 2.45) is 0 Å². The Bertz CT molecular complexity index is 1900. The minimum absolute atomic E-state index is 0.0323. The summed E-state index contributed by atoms with van der Waals surface area (Å²) in [6.07, 6.45) is 1.49. The third-order valence-electron chi connectivity index (χ3n) is 7.24. The van der Waals surface area contributed by atoms with Gasteiger partial charge in [0.15, 0.2) is 0 Å². The Morgan fingerprint density at radius 2 is 0.979 bits per heavy atom. The molecule has 0 aliphatic heterocycles. The standard InChI is InChI=1S/C20H18F2OSe.C19H16F2OSe/c1-3-12-23-17-10-9-16(19(21)20(17)22)14-5-7-15(8-6-14)18-11-4-13(2)24-18;1-2-11-22-16-10-9-15(18(20)19(16)21)13-5-7-14(8-6-13)17-4-3-12-23-17/h4-11H,3,12H2,1-2H3;3-10,12H,2,11H2,1H3. The van der Waals surface area contributed by atoms with E-state index in [1.807, 2.05) is 68.4 Å². The van der Waals surface area contributed by atoms with Gasteiger partial charge in [0.2, 0.25) is 0 Å². The van der Waals surface area contributed by atoms with Crippen molar-refractivity contribution < 1.29 is 27.0 Å². The van der Waals surface area contributed by atoms with Crippen molar-refractivity contribution in [1.29, 1.82) is 0 Å². The molecule has 0 aliphatic carbocycles. The van der Waals surface area contributed by atoms with Crippen molar-refractivity contribution in [3.63, 3.8) is 0 Å². The van der Waals surface area contributed by atoms with Crippen molar-refractivity contribution in [2.45, 2.75) is 33.6 Å². The van der Waals surface area contributed by atoms with E-state index in [0.717, 1.165) is 24.0 Å². The summed E-state index contributed by atoms with van der Waals surface area (Å²) >= 11 is 0.717. The van der Waals surface area contributed by atoms with Gasteiger partial charge in [-0.3, -0.25) is 0 Å². The maximum atomic E-state index is 14.4. The number of aryl methyl sites for hydroxylation is 1. The molecule has 0 spiro atoms. The first-order chi connectivity index (χ1) is 22.8. The van der Waals surface area contributed by atoms with E-state index in [1.165, 1.54) is 25.4 Å². The molecule has 4 aromatic carbocycles. The summed E-state index contributed by atoms with van der Waals surface area (Å²) in [4.78, 5) is 2.15. The average Bonchev–Trinajstić information content (AvgIpc) is 3.79. The van der Waals surface area contributed by atoms with Gasteiger partial charge in [-0.2, -0.15) is 0 Å². The van der Waals surface area contributed by atoms with Crippen LogP contribution in [-0.2, 0) is 0 Å². The van der Waals surface area contributed by atoms with Crippen LogP contribution in [0.25, 0.3) is 42.3 Å².